The number of unbranched alkanes of at least 4 members (excludes halogenated alkanes) is 36. The molecule has 0 heterocycles. The first kappa shape index (κ1) is 55.6. The summed E-state index contributed by atoms with van der Waals surface area (Å²) >= 11 is 0. The van der Waals surface area contributed by atoms with E-state index in [2.05, 4.69) is 19.2 Å². The summed E-state index contributed by atoms with van der Waals surface area (Å²) in [7, 11) is 0. The molecule has 0 aromatic rings. The Kier molecular flexibility index (Phi) is 46.1. The fourth-order valence-corrected chi connectivity index (χ4v) is 7.87. The van der Waals surface area contributed by atoms with Crippen molar-refractivity contribution in [1.82, 2.24) is 5.32 Å². The number of hydrogen-bond donors (Lipinski definition) is 3. The number of amides is 1. The maximum absolute atomic E-state index is 12.4. The van der Waals surface area contributed by atoms with Gasteiger partial charge in [0.05, 0.1) is 25.4 Å². The molecule has 0 saturated heterocycles. The molecular formula is C51H99NO5. The zero-order valence-electron chi connectivity index (χ0n) is 38.3. The largest absolute Gasteiger partial charge is 0.466 e. The van der Waals surface area contributed by atoms with Gasteiger partial charge in [-0.2, -0.15) is 0 Å². The molecule has 0 aliphatic heterocycles. The van der Waals surface area contributed by atoms with E-state index < -0.39 is 12.1 Å². The van der Waals surface area contributed by atoms with Crippen LogP contribution in [0.25, 0.3) is 0 Å². The lowest BCUT2D eigenvalue weighted by Crippen LogP contribution is -2.45. The van der Waals surface area contributed by atoms with Crippen molar-refractivity contribution in [3.63, 3.8) is 0 Å². The molecule has 57 heavy (non-hydrogen) atoms. The number of aliphatic hydroxyl groups is 2. The normalized spacial score (nSPS) is 12.7. The Balaban J connectivity index is 3.44. The topological polar surface area (TPSA) is 95.9 Å². The molecular weight excluding hydrogens is 707 g/mol. The van der Waals surface area contributed by atoms with Crippen molar-refractivity contribution < 1.29 is 24.5 Å². The van der Waals surface area contributed by atoms with E-state index in [0.29, 0.717) is 19.4 Å². The van der Waals surface area contributed by atoms with Crippen LogP contribution in [0.2, 0.25) is 0 Å². The van der Waals surface area contributed by atoms with Gasteiger partial charge in [0.1, 0.15) is 0 Å². The fourth-order valence-electron chi connectivity index (χ4n) is 7.87. The third-order valence-corrected chi connectivity index (χ3v) is 11.8. The van der Waals surface area contributed by atoms with Crippen molar-refractivity contribution in [1.29, 1.82) is 0 Å². The van der Waals surface area contributed by atoms with Crippen LogP contribution in [-0.2, 0) is 14.3 Å². The van der Waals surface area contributed by atoms with E-state index >= 15 is 0 Å². The van der Waals surface area contributed by atoms with Gasteiger partial charge in [-0.3, -0.25) is 9.59 Å². The number of aliphatic hydroxyl groups excluding tert-OH is 2. The van der Waals surface area contributed by atoms with Gasteiger partial charge in [0, 0.05) is 12.8 Å². The molecule has 6 nitrogen and oxygen atoms in total. The maximum atomic E-state index is 12.4. The number of ether oxygens (including phenoxy) is 1. The van der Waals surface area contributed by atoms with Gasteiger partial charge in [0.2, 0.25) is 5.91 Å². The third kappa shape index (κ3) is 44.0. The summed E-state index contributed by atoms with van der Waals surface area (Å²) in [6.45, 7) is 4.87. The molecule has 0 bridgehead atoms. The molecule has 0 aromatic heterocycles. The Bertz CT molecular complexity index is 847. The van der Waals surface area contributed by atoms with Gasteiger partial charge in [0.25, 0.3) is 0 Å². The van der Waals surface area contributed by atoms with E-state index in [-0.39, 0.29) is 18.5 Å². The van der Waals surface area contributed by atoms with Crippen LogP contribution in [-0.4, -0.2) is 47.4 Å². The van der Waals surface area contributed by atoms with Gasteiger partial charge in [-0.1, -0.05) is 244 Å². The van der Waals surface area contributed by atoms with Gasteiger partial charge in [-0.15, -0.1) is 0 Å². The first-order valence-corrected chi connectivity index (χ1v) is 25.5. The molecule has 6 heteroatoms. The van der Waals surface area contributed by atoms with Crippen molar-refractivity contribution in [2.45, 2.75) is 289 Å². The molecule has 0 aliphatic rings. The number of nitrogens with one attached hydrogen (secondary N) is 1. The lowest BCUT2D eigenvalue weighted by atomic mass is 10.0. The maximum Gasteiger partial charge on any atom is 0.305 e. The number of hydrogen-bond acceptors (Lipinski definition) is 5. The van der Waals surface area contributed by atoms with Crippen molar-refractivity contribution >= 4 is 11.9 Å². The van der Waals surface area contributed by atoms with Gasteiger partial charge in [0.15, 0.2) is 0 Å². The highest BCUT2D eigenvalue weighted by Crippen LogP contribution is 2.16. The number of carbonyl (C=O) groups is 2. The second kappa shape index (κ2) is 47.3. The average molecular weight is 806 g/mol. The van der Waals surface area contributed by atoms with Crippen molar-refractivity contribution in [2.24, 2.45) is 0 Å². The first-order valence-electron chi connectivity index (χ1n) is 25.5. The molecule has 3 N–H and O–H groups in total. The summed E-state index contributed by atoms with van der Waals surface area (Å²) in [6, 6.07) is -0.634. The van der Waals surface area contributed by atoms with Crippen LogP contribution >= 0.6 is 0 Å². The van der Waals surface area contributed by atoms with E-state index in [4.69, 9.17) is 4.74 Å². The highest BCUT2D eigenvalue weighted by molar-refractivity contribution is 5.76. The number of rotatable bonds is 47. The Morgan fingerprint density at radius 2 is 0.807 bits per heavy atom. The van der Waals surface area contributed by atoms with Crippen LogP contribution < -0.4 is 5.32 Å². The molecule has 0 radical (unpaired) electrons. The number of carbonyl (C=O) groups excluding carboxylic acids is 2. The Hall–Kier alpha value is -1.40. The minimum Gasteiger partial charge on any atom is -0.466 e. The fraction of sp³-hybridized carbons (Fsp3) is 0.922. The van der Waals surface area contributed by atoms with E-state index in [1.165, 1.54) is 193 Å². The van der Waals surface area contributed by atoms with Gasteiger partial charge < -0.3 is 20.3 Å². The summed E-state index contributed by atoms with van der Waals surface area (Å²) in [5.74, 6) is -0.0850. The lowest BCUT2D eigenvalue weighted by molar-refractivity contribution is -0.143. The monoisotopic (exact) mass is 806 g/mol. The summed E-state index contributed by atoms with van der Waals surface area (Å²) in [4.78, 5) is 24.4. The van der Waals surface area contributed by atoms with Crippen LogP contribution in [0.4, 0.5) is 0 Å². The second-order valence-electron chi connectivity index (χ2n) is 17.5. The Morgan fingerprint density at radius 3 is 1.19 bits per heavy atom. The molecule has 0 spiro atoms. The number of allylic oxidation sites excluding steroid dienone is 1. The van der Waals surface area contributed by atoms with Crippen LogP contribution in [0.15, 0.2) is 12.2 Å². The zero-order chi connectivity index (χ0) is 41.5. The molecule has 0 saturated carbocycles. The highest BCUT2D eigenvalue weighted by Gasteiger charge is 2.18. The van der Waals surface area contributed by atoms with Crippen molar-refractivity contribution in [2.75, 3.05) is 13.2 Å². The van der Waals surface area contributed by atoms with Gasteiger partial charge in [-0.05, 0) is 32.1 Å². The summed E-state index contributed by atoms with van der Waals surface area (Å²) in [5.41, 5.74) is 0. The van der Waals surface area contributed by atoms with Crippen LogP contribution in [0.1, 0.15) is 277 Å². The standard InChI is InChI=1S/C51H99NO5/c1-3-5-7-9-11-13-15-16-17-18-21-25-29-33-37-41-45-51(56)57-46-42-38-34-30-26-22-19-20-24-28-32-36-40-44-50(55)52-48(47-53)49(54)43-39-35-31-27-23-14-12-10-8-6-4-2/h39,43,48-49,53-54H,3-38,40-42,44-47H2,1-2H3,(H,52,55)/b43-39+. The predicted molar refractivity (Wildman–Crippen MR) is 246 cm³/mol. The van der Waals surface area contributed by atoms with Crippen LogP contribution in [0.5, 0.6) is 0 Å². The van der Waals surface area contributed by atoms with E-state index in [9.17, 15) is 19.8 Å². The smallest absolute Gasteiger partial charge is 0.305 e. The second-order valence-corrected chi connectivity index (χ2v) is 17.5. The molecule has 0 fully saturated rings. The van der Waals surface area contributed by atoms with Crippen LogP contribution in [0.3, 0.4) is 0 Å². The minimum absolute atomic E-state index is 0.00365. The van der Waals surface area contributed by atoms with E-state index in [1.807, 2.05) is 6.08 Å². The Labute approximate surface area is 355 Å². The van der Waals surface area contributed by atoms with E-state index in [0.717, 1.165) is 57.8 Å². The Morgan fingerprint density at radius 1 is 0.474 bits per heavy atom. The molecule has 2 unspecified atom stereocenters. The summed E-state index contributed by atoms with van der Waals surface area (Å²) in [6.07, 6.45) is 53.5. The van der Waals surface area contributed by atoms with Gasteiger partial charge in [-0.25, -0.2) is 0 Å². The predicted octanol–water partition coefficient (Wildman–Crippen LogP) is 15.0. The van der Waals surface area contributed by atoms with Crippen molar-refractivity contribution in [3.05, 3.63) is 12.2 Å². The van der Waals surface area contributed by atoms with E-state index in [1.54, 1.807) is 6.08 Å². The van der Waals surface area contributed by atoms with Crippen LogP contribution in [0, 0.1) is 0 Å². The molecule has 2 atom stereocenters. The SMILES string of the molecule is CCCCCCCCCCC/C=C/C(O)C(CO)NC(=O)CCCCCCCCCCCCCCCOC(=O)CCCCCCCCCCCCCCCCCC. The molecule has 0 rings (SSSR count). The minimum atomic E-state index is -0.850. The summed E-state index contributed by atoms with van der Waals surface area (Å²) < 4.78 is 5.47. The lowest BCUT2D eigenvalue weighted by Gasteiger charge is -2.20. The highest BCUT2D eigenvalue weighted by atomic mass is 16.5. The molecule has 1 amide bonds. The third-order valence-electron chi connectivity index (χ3n) is 11.8. The molecule has 0 aromatic carbocycles. The summed E-state index contributed by atoms with van der Waals surface area (Å²) in [5, 5.41) is 23.0. The molecule has 338 valence electrons. The van der Waals surface area contributed by atoms with Gasteiger partial charge >= 0.3 is 5.97 Å². The first-order chi connectivity index (χ1) is 28.0. The quantitative estimate of drug-likeness (QED) is 0.0323. The zero-order valence-corrected chi connectivity index (χ0v) is 38.3. The molecule has 0 aliphatic carbocycles. The number of esters is 1. The van der Waals surface area contributed by atoms with Crippen molar-refractivity contribution in [3.8, 4) is 0 Å². The average Bonchev–Trinajstić information content (AvgIpc) is 3.21.